The van der Waals surface area contributed by atoms with Crippen LogP contribution in [0.3, 0.4) is 0 Å². The first-order valence-electron chi connectivity index (χ1n) is 9.07. The third kappa shape index (κ3) is 4.11. The molecule has 1 atom stereocenters. The monoisotopic (exact) mass is 421 g/mol. The van der Waals surface area contributed by atoms with Gasteiger partial charge in [0.15, 0.2) is 0 Å². The lowest BCUT2D eigenvalue weighted by molar-refractivity contribution is 0.0964. The molecular weight excluding hydrogens is 398 g/mol. The van der Waals surface area contributed by atoms with E-state index < -0.39 is 15.9 Å². The number of anilines is 1. The number of thiophene rings is 1. The Morgan fingerprint density at radius 1 is 1.11 bits per heavy atom. The second kappa shape index (κ2) is 8.42. The van der Waals surface area contributed by atoms with E-state index in [-0.39, 0.29) is 16.8 Å². The predicted octanol–water partition coefficient (Wildman–Crippen LogP) is 2.92. The Labute approximate surface area is 168 Å². The first-order chi connectivity index (χ1) is 13.3. The second-order valence-electron chi connectivity index (χ2n) is 6.68. The van der Waals surface area contributed by atoms with Gasteiger partial charge in [0, 0.05) is 25.2 Å². The van der Waals surface area contributed by atoms with Crippen LogP contribution in [0.2, 0.25) is 0 Å². The summed E-state index contributed by atoms with van der Waals surface area (Å²) in [6.45, 7) is 2.44. The third-order valence-electron chi connectivity index (χ3n) is 4.83. The lowest BCUT2D eigenvalue weighted by atomic mass is 10.1. The zero-order chi connectivity index (χ0) is 20.3. The van der Waals surface area contributed by atoms with Crippen molar-refractivity contribution in [3.63, 3.8) is 0 Å². The van der Waals surface area contributed by atoms with Crippen LogP contribution >= 0.6 is 11.3 Å². The molecule has 7 nitrogen and oxygen atoms in total. The van der Waals surface area contributed by atoms with Gasteiger partial charge in [0.05, 0.1) is 10.5 Å². The molecule has 28 heavy (non-hydrogen) atoms. The maximum absolute atomic E-state index is 12.9. The fourth-order valence-electron chi connectivity index (χ4n) is 3.24. The van der Waals surface area contributed by atoms with Crippen LogP contribution in [0.5, 0.6) is 0 Å². The van der Waals surface area contributed by atoms with Crippen molar-refractivity contribution in [2.45, 2.75) is 37.1 Å². The number of sulfonamides is 1. The fourth-order valence-corrected chi connectivity index (χ4v) is 5.72. The molecule has 0 spiro atoms. The minimum Gasteiger partial charge on any atom is -0.355 e. The van der Waals surface area contributed by atoms with Crippen molar-refractivity contribution in [3.05, 3.63) is 46.8 Å². The van der Waals surface area contributed by atoms with Crippen LogP contribution in [0.25, 0.3) is 0 Å². The predicted molar refractivity (Wildman–Crippen MR) is 109 cm³/mol. The molecule has 0 radical (unpaired) electrons. The van der Waals surface area contributed by atoms with Crippen molar-refractivity contribution in [1.29, 1.82) is 0 Å². The van der Waals surface area contributed by atoms with E-state index in [1.54, 1.807) is 11.4 Å². The van der Waals surface area contributed by atoms with Crippen molar-refractivity contribution in [2.24, 2.45) is 0 Å². The number of benzene rings is 1. The summed E-state index contributed by atoms with van der Waals surface area (Å²) in [7, 11) is -2.05. The van der Waals surface area contributed by atoms with Crippen LogP contribution in [-0.2, 0) is 10.0 Å². The van der Waals surface area contributed by atoms with Crippen molar-refractivity contribution in [2.75, 3.05) is 18.9 Å². The van der Waals surface area contributed by atoms with Crippen LogP contribution in [0.15, 0.2) is 40.6 Å². The molecule has 3 rings (SSSR count). The summed E-state index contributed by atoms with van der Waals surface area (Å²) in [6, 6.07) is 7.51. The van der Waals surface area contributed by atoms with Gasteiger partial charge >= 0.3 is 0 Å². The lowest BCUT2D eigenvalue weighted by Crippen LogP contribution is -2.41. The van der Waals surface area contributed by atoms with Crippen molar-refractivity contribution >= 4 is 38.2 Å². The SMILES string of the molecule is CNC(=O)c1ccsc1NC(=O)c1ccc(S(=O)(=O)N2CCCCC2C)cc1. The fraction of sp³-hybridized carbons (Fsp3) is 0.368. The number of carbonyl (C=O) groups excluding carboxylic acids is 2. The smallest absolute Gasteiger partial charge is 0.256 e. The first-order valence-corrected chi connectivity index (χ1v) is 11.4. The normalized spacial score (nSPS) is 17.9. The van der Waals surface area contributed by atoms with Gasteiger partial charge in [-0.2, -0.15) is 4.31 Å². The molecule has 0 saturated carbocycles. The zero-order valence-corrected chi connectivity index (χ0v) is 17.4. The van der Waals surface area contributed by atoms with Gasteiger partial charge in [-0.05, 0) is 55.5 Å². The maximum atomic E-state index is 12.9. The van der Waals surface area contributed by atoms with E-state index in [4.69, 9.17) is 0 Å². The number of nitrogens with one attached hydrogen (secondary N) is 2. The Morgan fingerprint density at radius 2 is 1.82 bits per heavy atom. The third-order valence-corrected chi connectivity index (χ3v) is 7.69. The first kappa shape index (κ1) is 20.5. The van der Waals surface area contributed by atoms with Gasteiger partial charge in [0.2, 0.25) is 10.0 Å². The van der Waals surface area contributed by atoms with Gasteiger partial charge in [-0.1, -0.05) is 6.42 Å². The summed E-state index contributed by atoms with van der Waals surface area (Å²) >= 11 is 1.25. The van der Waals surface area contributed by atoms with Gasteiger partial charge in [0.25, 0.3) is 11.8 Å². The highest BCUT2D eigenvalue weighted by molar-refractivity contribution is 7.89. The van der Waals surface area contributed by atoms with E-state index in [0.29, 0.717) is 22.7 Å². The van der Waals surface area contributed by atoms with Crippen molar-refractivity contribution in [1.82, 2.24) is 9.62 Å². The Morgan fingerprint density at radius 3 is 2.46 bits per heavy atom. The molecule has 2 N–H and O–H groups in total. The summed E-state index contributed by atoms with van der Waals surface area (Å²) in [6.07, 6.45) is 2.75. The molecule has 0 aliphatic carbocycles. The minimum absolute atomic E-state index is 0.0244. The largest absolute Gasteiger partial charge is 0.355 e. The quantitative estimate of drug-likeness (QED) is 0.776. The molecular formula is C19H23N3O4S2. The van der Waals surface area contributed by atoms with E-state index >= 15 is 0 Å². The number of nitrogens with zero attached hydrogens (tertiary/aromatic N) is 1. The number of amides is 2. The average Bonchev–Trinajstić information content (AvgIpc) is 3.15. The number of rotatable bonds is 5. The number of hydrogen-bond acceptors (Lipinski definition) is 5. The van der Waals surface area contributed by atoms with Gasteiger partial charge in [-0.3, -0.25) is 9.59 Å². The average molecular weight is 422 g/mol. The van der Waals surface area contributed by atoms with E-state index in [2.05, 4.69) is 10.6 Å². The molecule has 1 unspecified atom stereocenters. The molecule has 1 saturated heterocycles. The number of hydrogen-bond donors (Lipinski definition) is 2. The number of piperidine rings is 1. The van der Waals surface area contributed by atoms with Crippen LogP contribution in [0.4, 0.5) is 5.00 Å². The molecule has 2 aromatic rings. The Hall–Kier alpha value is -2.23. The highest BCUT2D eigenvalue weighted by Gasteiger charge is 2.31. The molecule has 2 heterocycles. The van der Waals surface area contributed by atoms with Crippen molar-refractivity contribution in [3.8, 4) is 0 Å². The number of carbonyl (C=O) groups is 2. The molecule has 1 fully saturated rings. The van der Waals surface area contributed by atoms with Crippen LogP contribution in [0.1, 0.15) is 46.9 Å². The van der Waals surface area contributed by atoms with E-state index in [1.165, 1.54) is 47.0 Å². The van der Waals surface area contributed by atoms with Crippen LogP contribution < -0.4 is 10.6 Å². The highest BCUT2D eigenvalue weighted by atomic mass is 32.2. The summed E-state index contributed by atoms with van der Waals surface area (Å²) in [5.74, 6) is -0.684. The molecule has 2 amide bonds. The standard InChI is InChI=1S/C19H23N3O4S2/c1-13-5-3-4-11-22(13)28(25,26)15-8-6-14(7-9-15)17(23)21-19-16(10-12-27-19)18(24)20-2/h6-10,12-13H,3-5,11H2,1-2H3,(H,20,24)(H,21,23). The highest BCUT2D eigenvalue weighted by Crippen LogP contribution is 2.26. The van der Waals surface area contributed by atoms with Gasteiger partial charge in [0.1, 0.15) is 5.00 Å². The Balaban J connectivity index is 1.76. The van der Waals surface area contributed by atoms with Gasteiger partial charge in [-0.25, -0.2) is 8.42 Å². The Bertz CT molecular complexity index is 967. The van der Waals surface area contributed by atoms with Gasteiger partial charge < -0.3 is 10.6 Å². The van der Waals surface area contributed by atoms with E-state index in [0.717, 1.165) is 19.3 Å². The molecule has 0 bridgehead atoms. The van der Waals surface area contributed by atoms with Crippen LogP contribution in [0, 0.1) is 0 Å². The van der Waals surface area contributed by atoms with E-state index in [9.17, 15) is 18.0 Å². The summed E-state index contributed by atoms with van der Waals surface area (Å²) in [4.78, 5) is 24.5. The zero-order valence-electron chi connectivity index (χ0n) is 15.8. The molecule has 150 valence electrons. The summed E-state index contributed by atoms with van der Waals surface area (Å²) < 4.78 is 27.3. The second-order valence-corrected chi connectivity index (χ2v) is 9.49. The topological polar surface area (TPSA) is 95.6 Å². The minimum atomic E-state index is -3.57. The van der Waals surface area contributed by atoms with E-state index in [1.807, 2.05) is 6.92 Å². The van der Waals surface area contributed by atoms with Crippen molar-refractivity contribution < 1.29 is 18.0 Å². The molecule has 9 heteroatoms. The summed E-state index contributed by atoms with van der Waals surface area (Å²) in [5.41, 5.74) is 0.709. The van der Waals surface area contributed by atoms with Gasteiger partial charge in [-0.15, -0.1) is 11.3 Å². The summed E-state index contributed by atoms with van der Waals surface area (Å²) in [5, 5.41) is 7.40. The molecule has 1 aromatic heterocycles. The van der Waals surface area contributed by atoms with Crippen LogP contribution in [-0.4, -0.2) is 44.2 Å². The molecule has 1 aromatic carbocycles. The molecule has 1 aliphatic rings. The maximum Gasteiger partial charge on any atom is 0.256 e. The molecule has 1 aliphatic heterocycles. The lowest BCUT2D eigenvalue weighted by Gasteiger charge is -2.32. The Kier molecular flexibility index (Phi) is 6.17.